The molecule has 36 heavy (non-hydrogen) atoms. The number of nitrogens with zero attached hydrogens (tertiary/aromatic N) is 3. The Kier molecular flexibility index (Phi) is 7.44. The number of hydrogen-bond acceptors (Lipinski definition) is 4. The predicted octanol–water partition coefficient (Wildman–Crippen LogP) is 5.82. The van der Waals surface area contributed by atoms with E-state index in [9.17, 15) is 14.9 Å². The summed E-state index contributed by atoms with van der Waals surface area (Å²) in [6.07, 6.45) is 3.51. The van der Waals surface area contributed by atoms with Crippen LogP contribution >= 0.6 is 0 Å². The number of nitriles is 1. The lowest BCUT2D eigenvalue weighted by Gasteiger charge is -2.13. The van der Waals surface area contributed by atoms with E-state index in [0.717, 1.165) is 16.9 Å². The molecule has 174 valence electrons. The van der Waals surface area contributed by atoms with E-state index in [2.05, 4.69) is 11.1 Å². The molecule has 0 fully saturated rings. The zero-order chi connectivity index (χ0) is 25.3. The molecular formula is C30H21N3O3. The molecule has 0 aliphatic heterocycles. The summed E-state index contributed by atoms with van der Waals surface area (Å²) in [6.45, 7) is 0. The molecule has 5 aromatic rings. The van der Waals surface area contributed by atoms with Crippen molar-refractivity contribution >= 4 is 5.97 Å². The van der Waals surface area contributed by atoms with E-state index in [1.807, 2.05) is 54.6 Å². The number of pyridine rings is 2. The highest BCUT2D eigenvalue weighted by atomic mass is 16.4. The van der Waals surface area contributed by atoms with E-state index in [-0.39, 0.29) is 5.56 Å². The summed E-state index contributed by atoms with van der Waals surface area (Å²) in [5, 5.41) is 17.9. The van der Waals surface area contributed by atoms with E-state index >= 15 is 0 Å². The Labute approximate surface area is 208 Å². The summed E-state index contributed by atoms with van der Waals surface area (Å²) in [4.78, 5) is 27.9. The molecule has 0 radical (unpaired) electrons. The van der Waals surface area contributed by atoms with Crippen LogP contribution in [0.5, 0.6) is 0 Å². The number of para-hydroxylation sites is 1. The molecule has 0 spiro atoms. The Balaban J connectivity index is 0.000000286. The van der Waals surface area contributed by atoms with Crippen LogP contribution in [-0.2, 0) is 0 Å². The molecule has 0 bridgehead atoms. The number of carboxylic acids is 1. The van der Waals surface area contributed by atoms with Gasteiger partial charge < -0.3 is 5.11 Å². The van der Waals surface area contributed by atoms with Crippen molar-refractivity contribution in [2.75, 3.05) is 0 Å². The number of aromatic nitrogens is 2. The maximum absolute atomic E-state index is 13.3. The molecule has 0 saturated carbocycles. The van der Waals surface area contributed by atoms with Crippen LogP contribution in [0.1, 0.15) is 15.9 Å². The second kappa shape index (κ2) is 11.2. The third kappa shape index (κ3) is 5.44. The van der Waals surface area contributed by atoms with Crippen LogP contribution < -0.4 is 5.56 Å². The van der Waals surface area contributed by atoms with Gasteiger partial charge in [-0.15, -0.1) is 0 Å². The average molecular weight is 472 g/mol. The van der Waals surface area contributed by atoms with E-state index in [0.29, 0.717) is 22.3 Å². The summed E-state index contributed by atoms with van der Waals surface area (Å²) in [6, 6.07) is 34.5. The van der Waals surface area contributed by atoms with Crippen molar-refractivity contribution < 1.29 is 9.90 Å². The van der Waals surface area contributed by atoms with Gasteiger partial charge in [0, 0.05) is 34.8 Å². The molecule has 1 N–H and O–H groups in total. The Morgan fingerprint density at radius 3 is 2.06 bits per heavy atom. The number of carbonyl (C=O) groups is 1. The lowest BCUT2D eigenvalue weighted by molar-refractivity contribution is 0.0697. The van der Waals surface area contributed by atoms with Gasteiger partial charge in [0.15, 0.2) is 0 Å². The molecule has 0 amide bonds. The number of aromatic carboxylic acids is 1. The van der Waals surface area contributed by atoms with Crippen LogP contribution in [-0.4, -0.2) is 20.6 Å². The van der Waals surface area contributed by atoms with E-state index in [4.69, 9.17) is 5.11 Å². The molecule has 6 nitrogen and oxygen atoms in total. The number of hydrogen-bond donors (Lipinski definition) is 1. The third-order valence-electron chi connectivity index (χ3n) is 5.37. The molecule has 0 aliphatic rings. The van der Waals surface area contributed by atoms with Crippen molar-refractivity contribution in [3.05, 3.63) is 143 Å². The molecule has 5 rings (SSSR count). The van der Waals surface area contributed by atoms with Gasteiger partial charge in [-0.3, -0.25) is 14.3 Å². The van der Waals surface area contributed by atoms with Crippen LogP contribution in [0, 0.1) is 11.3 Å². The predicted molar refractivity (Wildman–Crippen MR) is 139 cm³/mol. The second-order valence-electron chi connectivity index (χ2n) is 7.70. The molecule has 6 heteroatoms. The minimum atomic E-state index is -0.879. The lowest BCUT2D eigenvalue weighted by Crippen LogP contribution is -2.20. The van der Waals surface area contributed by atoms with Gasteiger partial charge in [0.25, 0.3) is 5.56 Å². The van der Waals surface area contributed by atoms with Crippen molar-refractivity contribution in [2.45, 2.75) is 0 Å². The fourth-order valence-electron chi connectivity index (χ4n) is 3.63. The minimum Gasteiger partial charge on any atom is -0.478 e. The van der Waals surface area contributed by atoms with E-state index in [1.54, 1.807) is 71.6 Å². The third-order valence-corrected chi connectivity index (χ3v) is 5.37. The summed E-state index contributed by atoms with van der Waals surface area (Å²) >= 11 is 0. The maximum Gasteiger partial charge on any atom is 0.335 e. The normalized spacial score (nSPS) is 9.97. The molecule has 0 atom stereocenters. The Hall–Kier alpha value is -5.28. The van der Waals surface area contributed by atoms with Crippen LogP contribution in [0.25, 0.3) is 28.1 Å². The second-order valence-corrected chi connectivity index (χ2v) is 7.70. The smallest absolute Gasteiger partial charge is 0.335 e. The quantitative estimate of drug-likeness (QED) is 0.356. The molecule has 2 heterocycles. The minimum absolute atomic E-state index is 0.177. The van der Waals surface area contributed by atoms with Crippen molar-refractivity contribution in [3.8, 4) is 34.1 Å². The average Bonchev–Trinajstić information content (AvgIpc) is 2.95. The Bertz CT molecular complexity index is 1570. The number of benzene rings is 3. The first-order valence-corrected chi connectivity index (χ1v) is 11.1. The van der Waals surface area contributed by atoms with Gasteiger partial charge in [0.1, 0.15) is 0 Å². The van der Waals surface area contributed by atoms with Crippen LogP contribution in [0.4, 0.5) is 0 Å². The van der Waals surface area contributed by atoms with Gasteiger partial charge in [-0.1, -0.05) is 60.7 Å². The number of rotatable bonds is 4. The molecule has 2 aromatic heterocycles. The first kappa shape index (κ1) is 23.9. The monoisotopic (exact) mass is 471 g/mol. The summed E-state index contributed by atoms with van der Waals surface area (Å²) in [7, 11) is 0. The van der Waals surface area contributed by atoms with Gasteiger partial charge >= 0.3 is 5.97 Å². The largest absolute Gasteiger partial charge is 0.478 e. The number of carboxylic acid groups (broad SMARTS) is 1. The lowest BCUT2D eigenvalue weighted by atomic mass is 9.99. The molecule has 0 unspecified atom stereocenters. The topological polar surface area (TPSA) is 96.0 Å². The van der Waals surface area contributed by atoms with Crippen molar-refractivity contribution in [3.63, 3.8) is 0 Å². The van der Waals surface area contributed by atoms with Gasteiger partial charge in [0.05, 0.1) is 22.9 Å². The summed E-state index contributed by atoms with van der Waals surface area (Å²) in [5.74, 6) is -0.879. The standard InChI is InChI=1S/C23H15N3O.C7H6O2/c24-15-17-8-4-5-11-20(17)21-14-18(22-12-6-7-13-25-22)16-26(23(21)27)19-9-2-1-3-10-19;8-7(9)6-4-2-1-3-5-6/h1-14,16H;1-5H,(H,8,9). The van der Waals surface area contributed by atoms with Gasteiger partial charge in [0.2, 0.25) is 0 Å². The van der Waals surface area contributed by atoms with Crippen LogP contribution in [0.3, 0.4) is 0 Å². The zero-order valence-corrected chi connectivity index (χ0v) is 19.2. The summed E-state index contributed by atoms with van der Waals surface area (Å²) < 4.78 is 1.60. The van der Waals surface area contributed by atoms with Gasteiger partial charge in [-0.05, 0) is 48.5 Å². The molecule has 0 saturated heterocycles. The van der Waals surface area contributed by atoms with E-state index in [1.165, 1.54) is 0 Å². The first-order chi connectivity index (χ1) is 17.6. The SMILES string of the molecule is N#Cc1ccccc1-c1cc(-c2ccccn2)cn(-c2ccccc2)c1=O.O=C(O)c1ccccc1. The summed E-state index contributed by atoms with van der Waals surface area (Å²) in [5.41, 5.74) is 4.04. The molecule has 0 aliphatic carbocycles. The van der Waals surface area contributed by atoms with Crippen molar-refractivity contribution in [1.29, 1.82) is 5.26 Å². The Morgan fingerprint density at radius 1 is 0.806 bits per heavy atom. The fraction of sp³-hybridized carbons (Fsp3) is 0. The van der Waals surface area contributed by atoms with Gasteiger partial charge in [-0.25, -0.2) is 4.79 Å². The molecule has 3 aromatic carbocycles. The van der Waals surface area contributed by atoms with Crippen LogP contribution in [0.15, 0.2) is 126 Å². The first-order valence-electron chi connectivity index (χ1n) is 11.1. The zero-order valence-electron chi connectivity index (χ0n) is 19.2. The van der Waals surface area contributed by atoms with E-state index < -0.39 is 5.97 Å². The van der Waals surface area contributed by atoms with Gasteiger partial charge in [-0.2, -0.15) is 5.26 Å². The highest BCUT2D eigenvalue weighted by Gasteiger charge is 2.14. The van der Waals surface area contributed by atoms with Crippen molar-refractivity contribution in [1.82, 2.24) is 9.55 Å². The highest BCUT2D eigenvalue weighted by Crippen LogP contribution is 2.26. The molecular weight excluding hydrogens is 450 g/mol. The Morgan fingerprint density at radius 2 is 1.44 bits per heavy atom. The fourth-order valence-corrected chi connectivity index (χ4v) is 3.63. The maximum atomic E-state index is 13.3. The van der Waals surface area contributed by atoms with Crippen LogP contribution in [0.2, 0.25) is 0 Å². The van der Waals surface area contributed by atoms with Crippen molar-refractivity contribution in [2.24, 2.45) is 0 Å². The highest BCUT2D eigenvalue weighted by molar-refractivity contribution is 5.87.